The van der Waals surface area contributed by atoms with Gasteiger partial charge in [0, 0.05) is 23.5 Å². The summed E-state index contributed by atoms with van der Waals surface area (Å²) in [4.78, 5) is 24.5. The van der Waals surface area contributed by atoms with E-state index < -0.39 is 11.8 Å². The quantitative estimate of drug-likeness (QED) is 0.767. The number of anilines is 2. The molecule has 0 saturated carbocycles. The first-order chi connectivity index (χ1) is 13.2. The Balaban J connectivity index is 2.11. The molecule has 0 aromatic heterocycles. The normalized spacial score (nSPS) is 10.8. The van der Waals surface area contributed by atoms with E-state index >= 15 is 0 Å². The van der Waals surface area contributed by atoms with Crippen molar-refractivity contribution in [1.29, 1.82) is 0 Å². The minimum absolute atomic E-state index is 0.00634. The van der Waals surface area contributed by atoms with Crippen LogP contribution in [0.2, 0.25) is 0 Å². The molecule has 150 valence electrons. The molecule has 28 heavy (non-hydrogen) atoms. The number of benzene rings is 2. The van der Waals surface area contributed by atoms with E-state index in [0.717, 1.165) is 5.56 Å². The number of methoxy groups -OCH3 is 3. The van der Waals surface area contributed by atoms with E-state index in [9.17, 15) is 9.59 Å². The zero-order chi connectivity index (χ0) is 20.9. The molecule has 0 aliphatic rings. The van der Waals surface area contributed by atoms with Crippen LogP contribution in [0.25, 0.3) is 0 Å². The summed E-state index contributed by atoms with van der Waals surface area (Å²) in [6, 6.07) is 10.5. The first-order valence-electron chi connectivity index (χ1n) is 8.72. The fourth-order valence-corrected chi connectivity index (χ4v) is 2.58. The van der Waals surface area contributed by atoms with Crippen molar-refractivity contribution in [3.63, 3.8) is 0 Å². The van der Waals surface area contributed by atoms with Crippen LogP contribution in [0.1, 0.15) is 26.3 Å². The molecular weight excluding hydrogens is 360 g/mol. The minimum atomic E-state index is -0.811. The van der Waals surface area contributed by atoms with E-state index in [-0.39, 0.29) is 5.41 Å². The summed E-state index contributed by atoms with van der Waals surface area (Å²) in [7, 11) is 4.42. The average Bonchev–Trinajstić information content (AvgIpc) is 2.66. The van der Waals surface area contributed by atoms with Gasteiger partial charge in [-0.3, -0.25) is 9.59 Å². The van der Waals surface area contributed by atoms with Crippen molar-refractivity contribution in [3.05, 3.63) is 42.0 Å². The Morgan fingerprint density at radius 3 is 1.61 bits per heavy atom. The number of amides is 2. The number of nitrogens with one attached hydrogen (secondary N) is 2. The van der Waals surface area contributed by atoms with Gasteiger partial charge in [0.1, 0.15) is 0 Å². The molecule has 2 N–H and O–H groups in total. The van der Waals surface area contributed by atoms with Crippen LogP contribution in [0.15, 0.2) is 36.4 Å². The van der Waals surface area contributed by atoms with Crippen molar-refractivity contribution in [3.8, 4) is 17.2 Å². The van der Waals surface area contributed by atoms with Gasteiger partial charge in [0.15, 0.2) is 11.5 Å². The van der Waals surface area contributed by atoms with Gasteiger partial charge in [-0.05, 0) is 23.1 Å². The van der Waals surface area contributed by atoms with Crippen molar-refractivity contribution in [2.24, 2.45) is 0 Å². The monoisotopic (exact) mass is 386 g/mol. The van der Waals surface area contributed by atoms with Crippen LogP contribution in [0, 0.1) is 0 Å². The Bertz CT molecular complexity index is 829. The van der Waals surface area contributed by atoms with Crippen molar-refractivity contribution in [1.82, 2.24) is 0 Å². The molecule has 2 aromatic rings. The molecule has 0 atom stereocenters. The predicted molar refractivity (Wildman–Crippen MR) is 108 cm³/mol. The zero-order valence-corrected chi connectivity index (χ0v) is 17.0. The highest BCUT2D eigenvalue weighted by molar-refractivity contribution is 6.43. The van der Waals surface area contributed by atoms with Crippen LogP contribution in [-0.4, -0.2) is 33.1 Å². The SMILES string of the molecule is COc1cc(NC(=O)C(=O)Nc2ccc(C(C)(C)C)cc2)cc(OC)c1OC. The number of hydrogen-bond donors (Lipinski definition) is 2. The van der Waals surface area contributed by atoms with E-state index in [1.54, 1.807) is 24.3 Å². The highest BCUT2D eigenvalue weighted by Gasteiger charge is 2.19. The second-order valence-electron chi connectivity index (χ2n) is 7.15. The van der Waals surface area contributed by atoms with Gasteiger partial charge in [-0.15, -0.1) is 0 Å². The lowest BCUT2D eigenvalue weighted by molar-refractivity contribution is -0.133. The summed E-state index contributed by atoms with van der Waals surface area (Å²) in [5, 5.41) is 5.11. The van der Waals surface area contributed by atoms with Crippen molar-refractivity contribution in [2.75, 3.05) is 32.0 Å². The summed E-state index contributed by atoms with van der Waals surface area (Å²) in [6.45, 7) is 6.31. The smallest absolute Gasteiger partial charge is 0.314 e. The van der Waals surface area contributed by atoms with Crippen molar-refractivity contribution < 1.29 is 23.8 Å². The molecule has 0 heterocycles. The van der Waals surface area contributed by atoms with Crippen LogP contribution in [-0.2, 0) is 15.0 Å². The molecule has 2 aromatic carbocycles. The fourth-order valence-electron chi connectivity index (χ4n) is 2.58. The van der Waals surface area contributed by atoms with Gasteiger partial charge in [-0.2, -0.15) is 0 Å². The first kappa shape index (κ1) is 21.1. The average molecular weight is 386 g/mol. The Kier molecular flexibility index (Phi) is 6.51. The molecule has 2 rings (SSSR count). The molecule has 0 fully saturated rings. The second kappa shape index (κ2) is 8.65. The van der Waals surface area contributed by atoms with Crippen LogP contribution < -0.4 is 24.8 Å². The molecule has 0 saturated heterocycles. The molecule has 7 nitrogen and oxygen atoms in total. The molecule has 0 bridgehead atoms. The third-order valence-electron chi connectivity index (χ3n) is 4.14. The van der Waals surface area contributed by atoms with Gasteiger partial charge in [0.2, 0.25) is 5.75 Å². The lowest BCUT2D eigenvalue weighted by Crippen LogP contribution is -2.29. The number of hydrogen-bond acceptors (Lipinski definition) is 5. The largest absolute Gasteiger partial charge is 0.493 e. The molecule has 0 radical (unpaired) electrons. The maximum Gasteiger partial charge on any atom is 0.314 e. The van der Waals surface area contributed by atoms with E-state index in [2.05, 4.69) is 31.4 Å². The Hall–Kier alpha value is -3.22. The van der Waals surface area contributed by atoms with Gasteiger partial charge >= 0.3 is 11.8 Å². The Morgan fingerprint density at radius 1 is 0.750 bits per heavy atom. The van der Waals surface area contributed by atoms with Crippen LogP contribution in [0.5, 0.6) is 17.2 Å². The second-order valence-corrected chi connectivity index (χ2v) is 7.15. The number of rotatable bonds is 5. The zero-order valence-electron chi connectivity index (χ0n) is 17.0. The highest BCUT2D eigenvalue weighted by Crippen LogP contribution is 2.39. The summed E-state index contributed by atoms with van der Waals surface area (Å²) < 4.78 is 15.7. The third kappa shape index (κ3) is 4.94. The molecule has 7 heteroatoms. The van der Waals surface area contributed by atoms with E-state index in [0.29, 0.717) is 28.6 Å². The van der Waals surface area contributed by atoms with Crippen LogP contribution in [0.3, 0.4) is 0 Å². The lowest BCUT2D eigenvalue weighted by atomic mass is 9.87. The molecule has 0 spiro atoms. The predicted octanol–water partition coefficient (Wildman–Crippen LogP) is 3.59. The number of carbonyl (C=O) groups is 2. The third-order valence-corrected chi connectivity index (χ3v) is 4.14. The van der Waals surface area contributed by atoms with E-state index in [1.807, 2.05) is 12.1 Å². The van der Waals surface area contributed by atoms with Gasteiger partial charge < -0.3 is 24.8 Å². The van der Waals surface area contributed by atoms with Crippen LogP contribution >= 0.6 is 0 Å². The molecule has 2 amide bonds. The summed E-state index contributed by atoms with van der Waals surface area (Å²) >= 11 is 0. The Morgan fingerprint density at radius 2 is 1.21 bits per heavy atom. The Labute approximate surface area is 165 Å². The number of ether oxygens (including phenoxy) is 3. The molecular formula is C21H26N2O5. The minimum Gasteiger partial charge on any atom is -0.493 e. The maximum atomic E-state index is 12.3. The lowest BCUT2D eigenvalue weighted by Gasteiger charge is -2.19. The molecule has 0 aliphatic heterocycles. The molecule has 0 aliphatic carbocycles. The van der Waals surface area contributed by atoms with Gasteiger partial charge in [-0.1, -0.05) is 32.9 Å². The van der Waals surface area contributed by atoms with Gasteiger partial charge in [-0.25, -0.2) is 0 Å². The van der Waals surface area contributed by atoms with Crippen molar-refractivity contribution in [2.45, 2.75) is 26.2 Å². The topological polar surface area (TPSA) is 85.9 Å². The molecule has 0 unspecified atom stereocenters. The highest BCUT2D eigenvalue weighted by atomic mass is 16.5. The van der Waals surface area contributed by atoms with Gasteiger partial charge in [0.05, 0.1) is 21.3 Å². The maximum absolute atomic E-state index is 12.3. The van der Waals surface area contributed by atoms with Gasteiger partial charge in [0.25, 0.3) is 0 Å². The standard InChI is InChI=1S/C21H26N2O5/c1-21(2,3)13-7-9-14(10-8-13)22-19(24)20(25)23-15-11-16(26-4)18(28-6)17(12-15)27-5/h7-12H,1-6H3,(H,22,24)(H,23,25). The van der Waals surface area contributed by atoms with Crippen molar-refractivity contribution >= 4 is 23.2 Å². The first-order valence-corrected chi connectivity index (χ1v) is 8.72. The summed E-state index contributed by atoms with van der Waals surface area (Å²) in [5.41, 5.74) is 2.02. The fraction of sp³-hybridized carbons (Fsp3) is 0.333. The van der Waals surface area contributed by atoms with Crippen LogP contribution in [0.4, 0.5) is 11.4 Å². The number of carbonyl (C=O) groups excluding carboxylic acids is 2. The summed E-state index contributed by atoms with van der Waals surface area (Å²) in [5.74, 6) is -0.455. The summed E-state index contributed by atoms with van der Waals surface area (Å²) in [6.07, 6.45) is 0. The van der Waals surface area contributed by atoms with E-state index in [4.69, 9.17) is 14.2 Å². The van der Waals surface area contributed by atoms with E-state index in [1.165, 1.54) is 21.3 Å².